The van der Waals surface area contributed by atoms with Crippen LogP contribution in [0.25, 0.3) is 11.0 Å². The molecule has 0 bridgehead atoms. The summed E-state index contributed by atoms with van der Waals surface area (Å²) >= 11 is 0. The minimum Gasteiger partial charge on any atom is -0.497 e. The number of para-hydroxylation sites is 1. The highest BCUT2D eigenvalue weighted by atomic mass is 16.5. The molecule has 2 fully saturated rings. The molecule has 2 aromatic carbocycles. The zero-order chi connectivity index (χ0) is 23.5. The van der Waals surface area contributed by atoms with Gasteiger partial charge in [0.25, 0.3) is 11.8 Å². The van der Waals surface area contributed by atoms with E-state index in [2.05, 4.69) is 10.2 Å². The number of nitrogens with zero attached hydrogens (tertiary/aromatic N) is 2. The predicted molar refractivity (Wildman–Crippen MR) is 132 cm³/mol. The Morgan fingerprint density at radius 3 is 2.35 bits per heavy atom. The molecule has 0 unspecified atom stereocenters. The summed E-state index contributed by atoms with van der Waals surface area (Å²) in [6.07, 6.45) is 5.81. The Morgan fingerprint density at radius 2 is 1.65 bits per heavy atom. The smallest absolute Gasteiger partial charge is 0.291 e. The molecule has 34 heavy (non-hydrogen) atoms. The van der Waals surface area contributed by atoms with E-state index in [1.807, 2.05) is 29.2 Å². The number of piperidine rings is 2. The van der Waals surface area contributed by atoms with Gasteiger partial charge in [-0.1, -0.05) is 18.6 Å². The molecule has 1 N–H and O–H groups in total. The molecule has 3 heterocycles. The van der Waals surface area contributed by atoms with Gasteiger partial charge in [0.1, 0.15) is 17.0 Å². The van der Waals surface area contributed by atoms with E-state index in [1.54, 1.807) is 31.4 Å². The van der Waals surface area contributed by atoms with Crippen molar-refractivity contribution in [1.29, 1.82) is 0 Å². The van der Waals surface area contributed by atoms with Crippen molar-refractivity contribution in [3.8, 4) is 5.75 Å². The van der Waals surface area contributed by atoms with E-state index in [1.165, 1.54) is 32.4 Å². The first-order valence-electron chi connectivity index (χ1n) is 12.1. The Balaban J connectivity index is 1.35. The van der Waals surface area contributed by atoms with Gasteiger partial charge in [0, 0.05) is 30.1 Å². The highest BCUT2D eigenvalue weighted by Crippen LogP contribution is 2.33. The first-order chi connectivity index (χ1) is 16.6. The third-order valence-electron chi connectivity index (χ3n) is 7.04. The maximum absolute atomic E-state index is 13.5. The molecule has 0 spiro atoms. The number of furan rings is 1. The van der Waals surface area contributed by atoms with Gasteiger partial charge >= 0.3 is 0 Å². The summed E-state index contributed by atoms with van der Waals surface area (Å²) in [7, 11) is 1.58. The van der Waals surface area contributed by atoms with Gasteiger partial charge in [-0.3, -0.25) is 9.59 Å². The number of nitrogens with one attached hydrogen (secondary N) is 1. The van der Waals surface area contributed by atoms with Crippen molar-refractivity contribution in [2.75, 3.05) is 38.6 Å². The lowest BCUT2D eigenvalue weighted by atomic mass is 9.99. The van der Waals surface area contributed by atoms with Crippen molar-refractivity contribution in [2.45, 2.75) is 38.1 Å². The summed E-state index contributed by atoms with van der Waals surface area (Å²) in [5.41, 5.74) is 1.49. The normalized spacial score (nSPS) is 17.6. The number of anilines is 1. The first-order valence-corrected chi connectivity index (χ1v) is 12.1. The summed E-state index contributed by atoms with van der Waals surface area (Å²) in [5, 5.41) is 3.66. The Hall–Kier alpha value is -3.32. The molecule has 2 aliphatic heterocycles. The van der Waals surface area contributed by atoms with Gasteiger partial charge in [-0.15, -0.1) is 0 Å². The average Bonchev–Trinajstić information content (AvgIpc) is 3.27. The van der Waals surface area contributed by atoms with E-state index in [-0.39, 0.29) is 17.6 Å². The van der Waals surface area contributed by atoms with E-state index >= 15 is 0 Å². The van der Waals surface area contributed by atoms with Gasteiger partial charge in [0.2, 0.25) is 5.76 Å². The summed E-state index contributed by atoms with van der Waals surface area (Å²) in [6, 6.07) is 14.8. The number of fused-ring (bicyclic) bond motifs is 1. The van der Waals surface area contributed by atoms with Crippen LogP contribution >= 0.6 is 0 Å². The van der Waals surface area contributed by atoms with E-state index in [0.29, 0.717) is 41.7 Å². The Labute approximate surface area is 199 Å². The summed E-state index contributed by atoms with van der Waals surface area (Å²) in [6.45, 7) is 3.74. The number of hydrogen-bond donors (Lipinski definition) is 1. The van der Waals surface area contributed by atoms with E-state index in [0.717, 1.165) is 18.2 Å². The Kier molecular flexibility index (Phi) is 6.54. The van der Waals surface area contributed by atoms with Crippen LogP contribution in [0.4, 0.5) is 5.69 Å². The van der Waals surface area contributed by atoms with Crippen LogP contribution in [0.3, 0.4) is 0 Å². The SMILES string of the molecule is COc1ccc(C(=O)Nc2c(C(=O)N3CCC(N4CCCCC4)CC3)oc3ccccc23)cc1. The van der Waals surface area contributed by atoms with Crippen LogP contribution in [-0.4, -0.2) is 60.9 Å². The van der Waals surface area contributed by atoms with Gasteiger partial charge in [-0.25, -0.2) is 0 Å². The number of amides is 2. The quantitative estimate of drug-likeness (QED) is 0.592. The third kappa shape index (κ3) is 4.53. The number of carbonyl (C=O) groups is 2. The lowest BCUT2D eigenvalue weighted by molar-refractivity contribution is 0.0565. The Morgan fingerprint density at radius 1 is 0.941 bits per heavy atom. The zero-order valence-corrected chi connectivity index (χ0v) is 19.6. The van der Waals surface area contributed by atoms with Crippen LogP contribution in [-0.2, 0) is 0 Å². The molecule has 0 saturated carbocycles. The van der Waals surface area contributed by atoms with E-state index < -0.39 is 0 Å². The number of hydrogen-bond acceptors (Lipinski definition) is 5. The fourth-order valence-electron chi connectivity index (χ4n) is 5.11. The van der Waals surface area contributed by atoms with Crippen molar-refractivity contribution in [3.63, 3.8) is 0 Å². The Bertz CT molecular complexity index is 1160. The maximum Gasteiger partial charge on any atom is 0.291 e. The predicted octanol–water partition coefficient (Wildman–Crippen LogP) is 4.78. The summed E-state index contributed by atoms with van der Waals surface area (Å²) < 4.78 is 11.2. The number of benzene rings is 2. The second-order valence-corrected chi connectivity index (χ2v) is 9.10. The number of ether oxygens (including phenoxy) is 1. The van der Waals surface area contributed by atoms with Crippen molar-refractivity contribution < 1.29 is 18.7 Å². The fourth-order valence-corrected chi connectivity index (χ4v) is 5.11. The van der Waals surface area contributed by atoms with Crippen molar-refractivity contribution in [2.24, 2.45) is 0 Å². The summed E-state index contributed by atoms with van der Waals surface area (Å²) in [4.78, 5) is 31.0. The molecule has 0 aliphatic carbocycles. The van der Waals surface area contributed by atoms with Crippen LogP contribution < -0.4 is 10.1 Å². The van der Waals surface area contributed by atoms with Crippen LogP contribution in [0.1, 0.15) is 53.0 Å². The van der Waals surface area contributed by atoms with Crippen molar-refractivity contribution in [3.05, 3.63) is 59.9 Å². The molecule has 178 valence electrons. The first kappa shape index (κ1) is 22.5. The molecule has 2 saturated heterocycles. The molecule has 0 radical (unpaired) electrons. The molecule has 7 heteroatoms. The molecular weight excluding hydrogens is 430 g/mol. The van der Waals surface area contributed by atoms with Gasteiger partial charge in [0.05, 0.1) is 7.11 Å². The molecular formula is C27H31N3O4. The number of rotatable bonds is 5. The van der Waals surface area contributed by atoms with Crippen LogP contribution in [0, 0.1) is 0 Å². The maximum atomic E-state index is 13.5. The molecule has 1 aromatic heterocycles. The largest absolute Gasteiger partial charge is 0.497 e. The monoisotopic (exact) mass is 461 g/mol. The average molecular weight is 462 g/mol. The molecule has 2 amide bonds. The molecule has 0 atom stereocenters. The van der Waals surface area contributed by atoms with Crippen LogP contribution in [0.2, 0.25) is 0 Å². The summed E-state index contributed by atoms with van der Waals surface area (Å²) in [5.74, 6) is 0.402. The molecule has 7 nitrogen and oxygen atoms in total. The minimum absolute atomic E-state index is 0.168. The number of likely N-dealkylation sites (tertiary alicyclic amines) is 2. The minimum atomic E-state index is -0.299. The highest BCUT2D eigenvalue weighted by Gasteiger charge is 2.31. The molecule has 3 aromatic rings. The lowest BCUT2D eigenvalue weighted by Gasteiger charge is -2.40. The zero-order valence-electron chi connectivity index (χ0n) is 19.6. The van der Waals surface area contributed by atoms with Gasteiger partial charge < -0.3 is 24.3 Å². The molecule has 5 rings (SSSR count). The molecule has 2 aliphatic rings. The topological polar surface area (TPSA) is 75.0 Å². The van der Waals surface area contributed by atoms with E-state index in [4.69, 9.17) is 9.15 Å². The number of methoxy groups -OCH3 is 1. The fraction of sp³-hybridized carbons (Fsp3) is 0.407. The van der Waals surface area contributed by atoms with Gasteiger partial charge in [-0.05, 0) is 75.2 Å². The van der Waals surface area contributed by atoms with Crippen LogP contribution in [0.5, 0.6) is 5.75 Å². The third-order valence-corrected chi connectivity index (χ3v) is 7.04. The van der Waals surface area contributed by atoms with Crippen LogP contribution in [0.15, 0.2) is 52.9 Å². The van der Waals surface area contributed by atoms with Crippen molar-refractivity contribution >= 4 is 28.5 Å². The highest BCUT2D eigenvalue weighted by molar-refractivity contribution is 6.14. The van der Waals surface area contributed by atoms with Crippen molar-refractivity contribution in [1.82, 2.24) is 9.80 Å². The lowest BCUT2D eigenvalue weighted by Crippen LogP contribution is -2.48. The second-order valence-electron chi connectivity index (χ2n) is 9.10. The van der Waals surface area contributed by atoms with E-state index in [9.17, 15) is 9.59 Å². The second kappa shape index (κ2) is 9.89. The van der Waals surface area contributed by atoms with Gasteiger partial charge in [-0.2, -0.15) is 0 Å². The standard InChI is InChI=1S/C27H31N3O4/c1-33-21-11-9-19(10-12-21)26(31)28-24-22-7-3-4-8-23(22)34-25(24)27(32)30-17-13-20(14-18-30)29-15-5-2-6-16-29/h3-4,7-12,20H,2,5-6,13-18H2,1H3,(H,28,31). The van der Waals surface area contributed by atoms with Gasteiger partial charge in [0.15, 0.2) is 0 Å². The number of carbonyl (C=O) groups excluding carboxylic acids is 2.